The van der Waals surface area contributed by atoms with Crippen molar-refractivity contribution in [1.82, 2.24) is 0 Å². The molecule has 1 aromatic rings. The van der Waals surface area contributed by atoms with Gasteiger partial charge in [0, 0.05) is 5.92 Å². The summed E-state index contributed by atoms with van der Waals surface area (Å²) in [6.45, 7) is 3.19. The van der Waals surface area contributed by atoms with E-state index in [0.717, 1.165) is 12.0 Å². The van der Waals surface area contributed by atoms with Crippen LogP contribution in [0.1, 0.15) is 25.8 Å². The van der Waals surface area contributed by atoms with Gasteiger partial charge in [-0.15, -0.1) is 0 Å². The lowest BCUT2D eigenvalue weighted by molar-refractivity contribution is -0.159. The van der Waals surface area contributed by atoms with Crippen LogP contribution in [0.5, 0.6) is 0 Å². The minimum atomic E-state index is -1.20. The van der Waals surface area contributed by atoms with Crippen LogP contribution in [0.25, 0.3) is 0 Å². The molecule has 0 saturated heterocycles. The average molecular weight is 294 g/mol. The standard InChI is InChI=1S/C19H18O3/c1-18(2)15(20)14-11-8-9-13(10-11)19(14,17(22)16(18)21)12-6-4-3-5-7-12/h3-9,11,13-14H,10H2,1-2H3. The van der Waals surface area contributed by atoms with Gasteiger partial charge in [0.1, 0.15) is 0 Å². The molecule has 0 N–H and O–H groups in total. The third-order valence-electron chi connectivity index (χ3n) is 5.92. The van der Waals surface area contributed by atoms with Gasteiger partial charge in [-0.25, -0.2) is 0 Å². The minimum Gasteiger partial charge on any atom is -0.298 e. The minimum absolute atomic E-state index is 0.0404. The third-order valence-corrected chi connectivity index (χ3v) is 5.92. The van der Waals surface area contributed by atoms with Crippen LogP contribution in [0.15, 0.2) is 42.5 Å². The maximum absolute atomic E-state index is 13.1. The van der Waals surface area contributed by atoms with Crippen LogP contribution in [0, 0.1) is 23.2 Å². The molecule has 22 heavy (non-hydrogen) atoms. The normalized spacial score (nSPS) is 38.5. The molecule has 0 heterocycles. The highest BCUT2D eigenvalue weighted by molar-refractivity contribution is 6.49. The summed E-state index contributed by atoms with van der Waals surface area (Å²) in [6, 6.07) is 9.41. The Morgan fingerprint density at radius 3 is 2.32 bits per heavy atom. The summed E-state index contributed by atoms with van der Waals surface area (Å²) >= 11 is 0. The first-order valence-corrected chi connectivity index (χ1v) is 7.79. The molecule has 4 atom stereocenters. The Balaban J connectivity index is 2.01. The second kappa shape index (κ2) is 4.03. The molecular formula is C19H18O3. The quantitative estimate of drug-likeness (QED) is 0.454. The van der Waals surface area contributed by atoms with E-state index in [1.54, 1.807) is 13.8 Å². The van der Waals surface area contributed by atoms with Crippen molar-refractivity contribution in [3.63, 3.8) is 0 Å². The van der Waals surface area contributed by atoms with Gasteiger partial charge in [0.05, 0.1) is 10.8 Å². The highest BCUT2D eigenvalue weighted by Crippen LogP contribution is 2.61. The molecule has 2 fully saturated rings. The summed E-state index contributed by atoms with van der Waals surface area (Å²) in [7, 11) is 0. The highest BCUT2D eigenvalue weighted by Gasteiger charge is 2.70. The van der Waals surface area contributed by atoms with E-state index < -0.39 is 22.5 Å². The molecule has 4 unspecified atom stereocenters. The van der Waals surface area contributed by atoms with E-state index >= 15 is 0 Å². The van der Waals surface area contributed by atoms with Gasteiger partial charge < -0.3 is 0 Å². The number of fused-ring (bicyclic) bond motifs is 5. The SMILES string of the molecule is CC1(C)C(=O)C(=O)C2(c3ccccc3)C3C=CC(C3)C2C1=O. The predicted molar refractivity (Wildman–Crippen MR) is 81.1 cm³/mol. The third kappa shape index (κ3) is 1.31. The topological polar surface area (TPSA) is 51.2 Å². The Morgan fingerprint density at radius 1 is 0.955 bits per heavy atom. The molecule has 4 rings (SSSR count). The summed E-state index contributed by atoms with van der Waals surface area (Å²) in [6.07, 6.45) is 4.89. The number of ketones is 3. The van der Waals surface area contributed by atoms with E-state index in [-0.39, 0.29) is 23.4 Å². The van der Waals surface area contributed by atoms with Crippen molar-refractivity contribution in [3.8, 4) is 0 Å². The van der Waals surface area contributed by atoms with Crippen LogP contribution < -0.4 is 0 Å². The molecule has 0 spiro atoms. The molecule has 3 aliphatic carbocycles. The molecule has 0 radical (unpaired) electrons. The number of hydrogen-bond donors (Lipinski definition) is 0. The second-order valence-corrected chi connectivity index (χ2v) is 7.25. The Kier molecular flexibility index (Phi) is 2.50. The van der Waals surface area contributed by atoms with Crippen molar-refractivity contribution in [2.75, 3.05) is 0 Å². The maximum Gasteiger partial charge on any atom is 0.212 e. The number of rotatable bonds is 1. The van der Waals surface area contributed by atoms with Gasteiger partial charge in [0.25, 0.3) is 0 Å². The molecule has 0 aromatic heterocycles. The lowest BCUT2D eigenvalue weighted by Gasteiger charge is -2.47. The van der Waals surface area contributed by atoms with Crippen molar-refractivity contribution >= 4 is 17.3 Å². The Hall–Kier alpha value is -2.03. The lowest BCUT2D eigenvalue weighted by atomic mass is 9.51. The maximum atomic E-state index is 13.1. The fraction of sp³-hybridized carbons (Fsp3) is 0.421. The average Bonchev–Trinajstić information content (AvgIpc) is 3.12. The first kappa shape index (κ1) is 13.6. The van der Waals surface area contributed by atoms with Crippen LogP contribution in [-0.2, 0) is 19.8 Å². The first-order chi connectivity index (χ1) is 10.4. The summed E-state index contributed by atoms with van der Waals surface area (Å²) in [4.78, 5) is 38.9. The lowest BCUT2D eigenvalue weighted by Crippen LogP contribution is -2.62. The molecular weight excluding hydrogens is 276 g/mol. The van der Waals surface area contributed by atoms with Gasteiger partial charge in [-0.3, -0.25) is 14.4 Å². The van der Waals surface area contributed by atoms with Crippen molar-refractivity contribution < 1.29 is 14.4 Å². The van der Waals surface area contributed by atoms with E-state index in [4.69, 9.17) is 0 Å². The number of benzene rings is 1. The van der Waals surface area contributed by atoms with E-state index in [1.165, 1.54) is 0 Å². The van der Waals surface area contributed by atoms with Gasteiger partial charge in [-0.2, -0.15) is 0 Å². The van der Waals surface area contributed by atoms with E-state index in [9.17, 15) is 14.4 Å². The largest absolute Gasteiger partial charge is 0.298 e. The number of hydrogen-bond acceptors (Lipinski definition) is 3. The zero-order valence-electron chi connectivity index (χ0n) is 12.7. The van der Waals surface area contributed by atoms with Crippen molar-refractivity contribution in [2.24, 2.45) is 23.2 Å². The van der Waals surface area contributed by atoms with Crippen LogP contribution >= 0.6 is 0 Å². The number of carbonyl (C=O) groups is 3. The zero-order valence-corrected chi connectivity index (χ0v) is 12.7. The Labute approximate surface area is 129 Å². The highest BCUT2D eigenvalue weighted by atomic mass is 16.2. The van der Waals surface area contributed by atoms with E-state index in [2.05, 4.69) is 6.08 Å². The van der Waals surface area contributed by atoms with Crippen LogP contribution in [-0.4, -0.2) is 17.3 Å². The van der Waals surface area contributed by atoms with Crippen molar-refractivity contribution in [3.05, 3.63) is 48.0 Å². The zero-order chi connectivity index (χ0) is 15.7. The summed E-state index contributed by atoms with van der Waals surface area (Å²) in [5.41, 5.74) is -1.35. The number of carbonyl (C=O) groups excluding carboxylic acids is 3. The number of allylic oxidation sites excluding steroid dienone is 2. The van der Waals surface area contributed by atoms with Gasteiger partial charge in [-0.05, 0) is 37.7 Å². The Bertz CT molecular complexity index is 728. The van der Waals surface area contributed by atoms with Crippen LogP contribution in [0.4, 0.5) is 0 Å². The smallest absolute Gasteiger partial charge is 0.212 e. The summed E-state index contributed by atoms with van der Waals surface area (Å²) < 4.78 is 0. The molecule has 2 bridgehead atoms. The molecule has 3 nitrogen and oxygen atoms in total. The van der Waals surface area contributed by atoms with Crippen LogP contribution in [0.3, 0.4) is 0 Å². The fourth-order valence-electron chi connectivity index (χ4n) is 4.80. The van der Waals surface area contributed by atoms with Gasteiger partial charge >= 0.3 is 0 Å². The summed E-state index contributed by atoms with van der Waals surface area (Å²) in [5.74, 6) is -1.33. The Morgan fingerprint density at radius 2 is 1.64 bits per heavy atom. The van der Waals surface area contributed by atoms with Crippen molar-refractivity contribution in [2.45, 2.75) is 25.7 Å². The first-order valence-electron chi connectivity index (χ1n) is 7.79. The predicted octanol–water partition coefficient (Wildman–Crippen LogP) is 2.49. The molecule has 2 saturated carbocycles. The van der Waals surface area contributed by atoms with Gasteiger partial charge in [0.15, 0.2) is 5.78 Å². The molecule has 0 amide bonds. The van der Waals surface area contributed by atoms with Crippen molar-refractivity contribution in [1.29, 1.82) is 0 Å². The molecule has 3 heteroatoms. The second-order valence-electron chi connectivity index (χ2n) is 7.25. The van der Waals surface area contributed by atoms with E-state index in [1.807, 2.05) is 36.4 Å². The fourth-order valence-corrected chi connectivity index (χ4v) is 4.80. The molecule has 3 aliphatic rings. The van der Waals surface area contributed by atoms with Gasteiger partial charge in [0.2, 0.25) is 11.6 Å². The van der Waals surface area contributed by atoms with Gasteiger partial charge in [-0.1, -0.05) is 42.5 Å². The summed E-state index contributed by atoms with van der Waals surface area (Å²) in [5, 5.41) is 0. The molecule has 112 valence electrons. The molecule has 1 aromatic carbocycles. The van der Waals surface area contributed by atoms with E-state index in [0.29, 0.717) is 0 Å². The number of Topliss-reactive ketones (excluding diaryl/α,β-unsaturated/α-hetero) is 3. The monoisotopic (exact) mass is 294 g/mol. The molecule has 0 aliphatic heterocycles. The van der Waals surface area contributed by atoms with Crippen LogP contribution in [0.2, 0.25) is 0 Å².